The van der Waals surface area contributed by atoms with Crippen LogP contribution in [0.15, 0.2) is 164 Å². The smallest absolute Gasteiger partial charge is 0.328 e. The van der Waals surface area contributed by atoms with Crippen LogP contribution in [0.25, 0.3) is 48.7 Å². The summed E-state index contributed by atoms with van der Waals surface area (Å²) in [7, 11) is 0. The van der Waals surface area contributed by atoms with E-state index in [1.54, 1.807) is 0 Å². The lowest BCUT2D eigenvalue weighted by atomic mass is 9.42. The van der Waals surface area contributed by atoms with Gasteiger partial charge in [-0.3, -0.25) is 0 Å². The highest BCUT2D eigenvalue weighted by Gasteiger charge is 2.53. The number of anilines is 4. The summed E-state index contributed by atoms with van der Waals surface area (Å²) in [5, 5.41) is 10.4. The molecule has 0 saturated heterocycles. The zero-order valence-corrected chi connectivity index (χ0v) is 26.7. The molecule has 12 rings (SSSR count). The van der Waals surface area contributed by atoms with Gasteiger partial charge < -0.3 is 9.71 Å². The molecule has 0 bridgehead atoms. The van der Waals surface area contributed by atoms with Crippen LogP contribution in [-0.4, -0.2) is 12.9 Å². The number of fused-ring (bicyclic) bond motifs is 14. The van der Waals surface area contributed by atoms with Crippen LogP contribution in [0.2, 0.25) is 0 Å². The van der Waals surface area contributed by atoms with Gasteiger partial charge in [0.25, 0.3) is 0 Å². The lowest BCUT2D eigenvalue weighted by Crippen LogP contribution is -2.67. The zero-order valence-electron chi connectivity index (χ0n) is 26.7. The van der Waals surface area contributed by atoms with E-state index in [-0.39, 0.29) is 12.9 Å². The maximum atomic E-state index is 2.76. The van der Waals surface area contributed by atoms with Crippen LogP contribution in [0.1, 0.15) is 17.0 Å². The van der Waals surface area contributed by atoms with Gasteiger partial charge in [-0.05, 0) is 113 Å². The first-order chi connectivity index (χ1) is 24.3. The molecule has 8 aromatic rings. The third kappa shape index (κ3) is 3.28. The van der Waals surface area contributed by atoms with Crippen molar-refractivity contribution in [2.45, 2.75) is 12.0 Å². The molecular weight excluding hydrogens is 591 g/mol. The Morgan fingerprint density at radius 2 is 1.14 bits per heavy atom. The monoisotopic (exact) mass is 620 g/mol. The van der Waals surface area contributed by atoms with Crippen molar-refractivity contribution in [3.05, 3.63) is 175 Å². The lowest BCUT2D eigenvalue weighted by Gasteiger charge is -2.48. The van der Waals surface area contributed by atoms with Crippen LogP contribution in [0, 0.1) is 0 Å². The number of hydrogen-bond donors (Lipinski definition) is 0. The molecule has 2 nitrogen and oxygen atoms in total. The minimum Gasteiger partial charge on any atom is -0.399 e. The van der Waals surface area contributed by atoms with Crippen molar-refractivity contribution >= 4 is 89.2 Å². The summed E-state index contributed by atoms with van der Waals surface area (Å²) in [6.07, 6.45) is 7.08. The summed E-state index contributed by atoms with van der Waals surface area (Å²) in [5.74, 6) is 0.340. The summed E-state index contributed by atoms with van der Waals surface area (Å²) in [6, 6.07) is 55.0. The van der Waals surface area contributed by atoms with E-state index in [1.807, 2.05) is 0 Å². The molecule has 2 unspecified atom stereocenters. The Morgan fingerprint density at radius 1 is 0.510 bits per heavy atom. The Morgan fingerprint density at radius 3 is 1.90 bits per heavy atom. The number of rotatable bonds is 1. The molecule has 1 aliphatic carbocycles. The Hall–Kier alpha value is -6.06. The first-order valence-corrected chi connectivity index (χ1v) is 17.4. The minimum atomic E-state index is 0.0920. The van der Waals surface area contributed by atoms with Gasteiger partial charge in [-0.2, -0.15) is 0 Å². The molecule has 4 aliphatic rings. The fourth-order valence-corrected chi connectivity index (χ4v) is 9.81. The largest absolute Gasteiger partial charge is 0.399 e. The number of allylic oxidation sites excluding steroid dienone is 2. The van der Waals surface area contributed by atoms with Crippen LogP contribution >= 0.6 is 0 Å². The number of nitrogens with zero attached hydrogens (tertiary/aromatic N) is 2. The molecule has 2 atom stereocenters. The van der Waals surface area contributed by atoms with Gasteiger partial charge in [0.1, 0.15) is 0 Å². The quantitative estimate of drug-likeness (QED) is 0.102. The maximum Gasteiger partial charge on any atom is 0.328 e. The molecule has 3 aliphatic heterocycles. The van der Waals surface area contributed by atoms with E-state index in [0.29, 0.717) is 5.92 Å². The van der Waals surface area contributed by atoms with Gasteiger partial charge in [0, 0.05) is 28.7 Å². The molecule has 0 spiro atoms. The standard InChI is InChI=1S/C46H29BN2/c1-2-12-30(13-3-1)48-43-23-11-19-36-38-21-10-20-37-35-18-8-9-22-42(35)49(46(37)38)47(45(36)43)41-26-28-24-39-33-16-6-4-14-31(33)32-15-5-7-17-34(32)40(39)25-29(28)27-44(41)48/h1-27,37,46H. The molecule has 0 amide bonds. The zero-order chi connectivity index (χ0) is 31.8. The molecule has 0 fully saturated rings. The van der Waals surface area contributed by atoms with Crippen LogP contribution in [0.5, 0.6) is 0 Å². The molecular formula is C46H29BN2. The van der Waals surface area contributed by atoms with Gasteiger partial charge in [0.15, 0.2) is 0 Å². The average molecular weight is 621 g/mol. The van der Waals surface area contributed by atoms with Crippen molar-refractivity contribution in [2.75, 3.05) is 9.71 Å². The molecule has 0 aromatic heterocycles. The first kappa shape index (κ1) is 26.0. The predicted molar refractivity (Wildman–Crippen MR) is 209 cm³/mol. The van der Waals surface area contributed by atoms with E-state index in [4.69, 9.17) is 0 Å². The SMILES string of the molecule is C1=CC2c3ccccc3N3B4c5cc6cc7c8ccccc8c8ccccc8c7cc6cc5N(c5ccccc5)c5cccc(c54)C(=C1)C23. The third-order valence-corrected chi connectivity index (χ3v) is 11.7. The molecule has 8 aromatic carbocycles. The highest BCUT2D eigenvalue weighted by atomic mass is 15.2. The van der Waals surface area contributed by atoms with E-state index in [9.17, 15) is 0 Å². The Balaban J connectivity index is 1.22. The predicted octanol–water partition coefficient (Wildman–Crippen LogP) is 10.1. The summed E-state index contributed by atoms with van der Waals surface area (Å²) in [4.78, 5) is 5.28. The van der Waals surface area contributed by atoms with E-state index < -0.39 is 0 Å². The number of para-hydroxylation sites is 2. The average Bonchev–Trinajstić information content (AvgIpc) is 3.50. The van der Waals surface area contributed by atoms with E-state index in [0.717, 1.165) is 0 Å². The van der Waals surface area contributed by atoms with Crippen LogP contribution in [0.4, 0.5) is 22.7 Å². The summed E-state index contributed by atoms with van der Waals surface area (Å²) >= 11 is 0. The summed E-state index contributed by atoms with van der Waals surface area (Å²) in [6.45, 7) is 0.0920. The van der Waals surface area contributed by atoms with Crippen molar-refractivity contribution in [1.29, 1.82) is 0 Å². The van der Waals surface area contributed by atoms with Crippen molar-refractivity contribution in [2.24, 2.45) is 0 Å². The molecule has 0 radical (unpaired) electrons. The summed E-state index contributed by atoms with van der Waals surface area (Å²) < 4.78 is 0. The molecule has 0 saturated carbocycles. The fraction of sp³-hybridized carbons (Fsp3) is 0.0435. The van der Waals surface area contributed by atoms with E-state index in [2.05, 4.69) is 174 Å². The Kier molecular flexibility index (Phi) is 4.93. The van der Waals surface area contributed by atoms with Gasteiger partial charge in [-0.1, -0.05) is 121 Å². The van der Waals surface area contributed by atoms with Crippen LogP contribution < -0.4 is 20.6 Å². The normalized spacial score (nSPS) is 18.1. The third-order valence-electron chi connectivity index (χ3n) is 11.7. The van der Waals surface area contributed by atoms with Gasteiger partial charge in [0.05, 0.1) is 6.04 Å². The van der Waals surface area contributed by atoms with Crippen molar-refractivity contribution in [3.63, 3.8) is 0 Å². The van der Waals surface area contributed by atoms with Crippen molar-refractivity contribution < 1.29 is 0 Å². The summed E-state index contributed by atoms with van der Waals surface area (Å²) in [5.41, 5.74) is 12.1. The lowest BCUT2D eigenvalue weighted by molar-refractivity contribution is 0.775. The molecule has 49 heavy (non-hydrogen) atoms. The number of benzene rings is 8. The Bertz CT molecular complexity index is 2810. The van der Waals surface area contributed by atoms with Crippen molar-refractivity contribution in [1.82, 2.24) is 0 Å². The second kappa shape index (κ2) is 9.30. The second-order valence-electron chi connectivity index (χ2n) is 14.0. The van der Waals surface area contributed by atoms with Gasteiger partial charge in [0.2, 0.25) is 0 Å². The topological polar surface area (TPSA) is 6.48 Å². The second-order valence-corrected chi connectivity index (χ2v) is 14.0. The highest BCUT2D eigenvalue weighted by molar-refractivity contribution is 6.92. The van der Waals surface area contributed by atoms with Crippen molar-refractivity contribution in [3.8, 4) is 0 Å². The van der Waals surface area contributed by atoms with Gasteiger partial charge in [-0.15, -0.1) is 0 Å². The van der Waals surface area contributed by atoms with Crippen LogP contribution in [0.3, 0.4) is 0 Å². The fourth-order valence-electron chi connectivity index (χ4n) is 9.81. The highest BCUT2D eigenvalue weighted by Crippen LogP contribution is 2.53. The van der Waals surface area contributed by atoms with Gasteiger partial charge >= 0.3 is 6.85 Å². The minimum absolute atomic E-state index is 0.0920. The molecule has 0 N–H and O–H groups in total. The molecule has 226 valence electrons. The number of hydrogen-bond acceptors (Lipinski definition) is 2. The van der Waals surface area contributed by atoms with E-state index >= 15 is 0 Å². The van der Waals surface area contributed by atoms with Gasteiger partial charge in [-0.25, -0.2) is 0 Å². The van der Waals surface area contributed by atoms with E-state index in [1.165, 1.54) is 93.5 Å². The molecule has 3 heterocycles. The molecule has 3 heteroatoms. The van der Waals surface area contributed by atoms with Crippen LogP contribution in [-0.2, 0) is 0 Å². The maximum absolute atomic E-state index is 2.76. The Labute approximate surface area is 284 Å². The first-order valence-electron chi connectivity index (χ1n) is 17.4.